The summed E-state index contributed by atoms with van der Waals surface area (Å²) in [6.45, 7) is 18.6. The Morgan fingerprint density at radius 1 is 0.643 bits per heavy atom. The molecule has 3 aromatic rings. The number of hydrogen-bond acceptors (Lipinski definition) is 3. The lowest BCUT2D eigenvalue weighted by atomic mass is 9.56. The van der Waals surface area contributed by atoms with Crippen molar-refractivity contribution in [1.29, 1.82) is 0 Å². The van der Waals surface area contributed by atoms with Crippen molar-refractivity contribution in [3.63, 3.8) is 0 Å². The second-order valence-corrected chi connectivity index (χ2v) is 14.8. The molecular formula is C36H46N4O2. The Morgan fingerprint density at radius 3 is 1.67 bits per heavy atom. The molecule has 0 bridgehead atoms. The SMILES string of the molecule is CC1(C)CCC(C)(C)c2c1cc1c(c2NC(=O)c2ccc(NC(=O)Nc3ccccc3N)cc2)C(C)(C)CCC1(C)C. The van der Waals surface area contributed by atoms with Crippen molar-refractivity contribution in [2.24, 2.45) is 0 Å². The highest BCUT2D eigenvalue weighted by Crippen LogP contribution is 2.56. The van der Waals surface area contributed by atoms with Crippen LogP contribution in [0.3, 0.4) is 0 Å². The van der Waals surface area contributed by atoms with Gasteiger partial charge in [-0.25, -0.2) is 4.79 Å². The fraction of sp³-hybridized carbons (Fsp3) is 0.444. The first kappa shape index (κ1) is 29.7. The van der Waals surface area contributed by atoms with Gasteiger partial charge in [-0.15, -0.1) is 0 Å². The molecule has 0 radical (unpaired) electrons. The van der Waals surface area contributed by atoms with Crippen LogP contribution in [0, 0.1) is 0 Å². The van der Waals surface area contributed by atoms with E-state index in [1.165, 1.54) is 22.3 Å². The number of carbonyl (C=O) groups is 2. The molecule has 0 aliphatic heterocycles. The van der Waals surface area contributed by atoms with E-state index in [-0.39, 0.29) is 27.6 Å². The van der Waals surface area contributed by atoms with Crippen LogP contribution in [-0.2, 0) is 21.7 Å². The van der Waals surface area contributed by atoms with Crippen molar-refractivity contribution < 1.29 is 9.59 Å². The number of benzene rings is 3. The van der Waals surface area contributed by atoms with Crippen molar-refractivity contribution in [2.75, 3.05) is 21.7 Å². The minimum absolute atomic E-state index is 0.0232. The lowest BCUT2D eigenvalue weighted by Gasteiger charge is -2.49. The highest BCUT2D eigenvalue weighted by Gasteiger charge is 2.46. The zero-order valence-corrected chi connectivity index (χ0v) is 26.4. The molecule has 0 heterocycles. The van der Waals surface area contributed by atoms with E-state index in [0.717, 1.165) is 31.4 Å². The summed E-state index contributed by atoms with van der Waals surface area (Å²) in [5.74, 6) is -0.142. The Morgan fingerprint density at radius 2 is 1.14 bits per heavy atom. The standard InChI is InChI=1S/C36H46N4O2/c1-33(2)17-19-35(5,6)28-24(33)21-25-29(36(7,8)20-18-34(25,3)4)30(28)40-31(41)22-13-15-23(16-14-22)38-32(42)39-27-12-10-9-11-26(27)37/h9-16,21H,17-20,37H2,1-8H3,(H,40,41)(H2,38,39,42). The molecule has 0 saturated heterocycles. The number of urea groups is 1. The Hall–Kier alpha value is -3.80. The number of hydrogen-bond donors (Lipinski definition) is 4. The summed E-state index contributed by atoms with van der Waals surface area (Å²) in [5, 5.41) is 9.03. The van der Waals surface area contributed by atoms with Gasteiger partial charge in [0, 0.05) is 16.9 Å². The minimum atomic E-state index is -0.401. The average molecular weight is 567 g/mol. The number of nitrogen functional groups attached to an aromatic ring is 1. The fourth-order valence-electron chi connectivity index (χ4n) is 6.84. The van der Waals surface area contributed by atoms with Crippen LogP contribution in [0.5, 0.6) is 0 Å². The predicted octanol–water partition coefficient (Wildman–Crippen LogP) is 8.86. The Bertz CT molecular complexity index is 1490. The number of nitrogens with two attached hydrogens (primary N) is 1. The van der Waals surface area contributed by atoms with Crippen LogP contribution in [0.2, 0.25) is 0 Å². The van der Waals surface area contributed by atoms with Crippen molar-refractivity contribution >= 4 is 34.7 Å². The van der Waals surface area contributed by atoms with Gasteiger partial charge in [-0.1, -0.05) is 73.6 Å². The summed E-state index contributed by atoms with van der Waals surface area (Å²) in [5.41, 5.74) is 14.3. The molecule has 42 heavy (non-hydrogen) atoms. The molecule has 0 fully saturated rings. The third-order valence-electron chi connectivity index (χ3n) is 9.74. The van der Waals surface area contributed by atoms with E-state index in [0.29, 0.717) is 22.6 Å². The van der Waals surface area contributed by atoms with Crippen LogP contribution >= 0.6 is 0 Å². The highest BCUT2D eigenvalue weighted by atomic mass is 16.2. The van der Waals surface area contributed by atoms with Gasteiger partial charge in [-0.05, 0) is 106 Å². The Labute approximate surface area is 250 Å². The van der Waals surface area contributed by atoms with Crippen LogP contribution < -0.4 is 21.7 Å². The third kappa shape index (κ3) is 5.39. The first-order valence-electron chi connectivity index (χ1n) is 15.1. The van der Waals surface area contributed by atoms with Crippen LogP contribution in [0.1, 0.15) is 114 Å². The molecule has 0 saturated carbocycles. The molecule has 0 spiro atoms. The molecular weight excluding hydrogens is 520 g/mol. The van der Waals surface area contributed by atoms with Gasteiger partial charge in [-0.2, -0.15) is 0 Å². The maximum absolute atomic E-state index is 13.9. The summed E-state index contributed by atoms with van der Waals surface area (Å²) in [6.07, 6.45) is 4.36. The van der Waals surface area contributed by atoms with Crippen molar-refractivity contribution in [3.05, 3.63) is 82.4 Å². The molecule has 6 nitrogen and oxygen atoms in total. The zero-order chi connectivity index (χ0) is 30.7. The fourth-order valence-corrected chi connectivity index (χ4v) is 6.84. The number of anilines is 4. The molecule has 0 unspecified atom stereocenters. The molecule has 222 valence electrons. The number of carbonyl (C=O) groups excluding carboxylic acids is 2. The maximum atomic E-state index is 13.9. The first-order chi connectivity index (χ1) is 19.5. The lowest BCUT2D eigenvalue weighted by molar-refractivity contribution is 0.102. The van der Waals surface area contributed by atoms with Crippen LogP contribution in [0.15, 0.2) is 54.6 Å². The van der Waals surface area contributed by atoms with Gasteiger partial charge >= 0.3 is 6.03 Å². The normalized spacial score (nSPS) is 19.1. The van der Waals surface area contributed by atoms with Gasteiger partial charge < -0.3 is 21.7 Å². The summed E-state index contributed by atoms with van der Waals surface area (Å²) in [4.78, 5) is 26.5. The number of amides is 3. The average Bonchev–Trinajstić information content (AvgIpc) is 2.90. The van der Waals surface area contributed by atoms with Gasteiger partial charge in [0.05, 0.1) is 11.4 Å². The van der Waals surface area contributed by atoms with E-state index in [1.807, 2.05) is 12.1 Å². The zero-order valence-electron chi connectivity index (χ0n) is 26.4. The van der Waals surface area contributed by atoms with Crippen molar-refractivity contribution in [2.45, 2.75) is 103 Å². The van der Waals surface area contributed by atoms with E-state index < -0.39 is 6.03 Å². The van der Waals surface area contributed by atoms with Crippen LogP contribution in [-0.4, -0.2) is 11.9 Å². The Balaban J connectivity index is 1.49. The predicted molar refractivity (Wildman–Crippen MR) is 175 cm³/mol. The molecule has 3 amide bonds. The van der Waals surface area contributed by atoms with Gasteiger partial charge in [-0.3, -0.25) is 4.79 Å². The summed E-state index contributed by atoms with van der Waals surface area (Å²) in [6, 6.07) is 16.2. The number of fused-ring (bicyclic) bond motifs is 2. The topological polar surface area (TPSA) is 96.2 Å². The smallest absolute Gasteiger partial charge is 0.323 e. The van der Waals surface area contributed by atoms with Crippen LogP contribution in [0.25, 0.3) is 0 Å². The van der Waals surface area contributed by atoms with Crippen molar-refractivity contribution in [3.8, 4) is 0 Å². The minimum Gasteiger partial charge on any atom is -0.397 e. The third-order valence-corrected chi connectivity index (χ3v) is 9.74. The monoisotopic (exact) mass is 566 g/mol. The Kier molecular flexibility index (Phi) is 7.19. The number of rotatable bonds is 4. The lowest BCUT2D eigenvalue weighted by Crippen LogP contribution is -2.41. The van der Waals surface area contributed by atoms with E-state index in [2.05, 4.69) is 77.4 Å². The largest absolute Gasteiger partial charge is 0.397 e. The first-order valence-corrected chi connectivity index (χ1v) is 15.1. The summed E-state index contributed by atoms with van der Waals surface area (Å²) < 4.78 is 0. The van der Waals surface area contributed by atoms with E-state index in [4.69, 9.17) is 5.73 Å². The molecule has 0 atom stereocenters. The summed E-state index contributed by atoms with van der Waals surface area (Å²) in [7, 11) is 0. The second-order valence-electron chi connectivity index (χ2n) is 14.8. The van der Waals surface area contributed by atoms with Crippen molar-refractivity contribution in [1.82, 2.24) is 0 Å². The van der Waals surface area contributed by atoms with Crippen LogP contribution in [0.4, 0.5) is 27.5 Å². The molecule has 3 aromatic carbocycles. The van der Waals surface area contributed by atoms with Gasteiger partial charge in [0.2, 0.25) is 0 Å². The quantitative estimate of drug-likeness (QED) is 0.238. The molecule has 2 aliphatic rings. The van der Waals surface area contributed by atoms with Gasteiger partial charge in [0.25, 0.3) is 5.91 Å². The van der Waals surface area contributed by atoms with E-state index >= 15 is 0 Å². The number of nitrogens with one attached hydrogen (secondary N) is 3. The highest BCUT2D eigenvalue weighted by molar-refractivity contribution is 6.06. The second kappa shape index (κ2) is 10.2. The van der Waals surface area contributed by atoms with E-state index in [1.54, 1.807) is 36.4 Å². The maximum Gasteiger partial charge on any atom is 0.323 e. The molecule has 0 aromatic heterocycles. The number of para-hydroxylation sites is 2. The van der Waals surface area contributed by atoms with E-state index in [9.17, 15) is 9.59 Å². The van der Waals surface area contributed by atoms with Gasteiger partial charge in [0.15, 0.2) is 0 Å². The summed E-state index contributed by atoms with van der Waals surface area (Å²) >= 11 is 0. The van der Waals surface area contributed by atoms with Gasteiger partial charge in [0.1, 0.15) is 0 Å². The molecule has 6 heteroatoms. The molecule has 5 rings (SSSR count). The molecule has 2 aliphatic carbocycles. The molecule has 5 N–H and O–H groups in total.